The van der Waals surface area contributed by atoms with E-state index in [1.807, 2.05) is 48.7 Å². The van der Waals surface area contributed by atoms with Gasteiger partial charge in [-0.05, 0) is 42.0 Å². The van der Waals surface area contributed by atoms with E-state index in [1.165, 1.54) is 6.26 Å². The number of ether oxygens (including phenoxy) is 1. The van der Waals surface area contributed by atoms with Crippen LogP contribution in [0, 0.1) is 0 Å². The quantitative estimate of drug-likeness (QED) is 0.679. The molecule has 0 fully saturated rings. The molecule has 28 heavy (non-hydrogen) atoms. The molecular weight excluding hydrogens is 378 g/mol. The van der Waals surface area contributed by atoms with E-state index in [1.54, 1.807) is 11.6 Å². The Kier molecular flexibility index (Phi) is 4.78. The van der Waals surface area contributed by atoms with E-state index in [4.69, 9.17) is 4.74 Å². The van der Waals surface area contributed by atoms with Crippen molar-refractivity contribution in [2.24, 2.45) is 0 Å². The lowest BCUT2D eigenvalue weighted by atomic mass is 10.0. The van der Waals surface area contributed by atoms with Gasteiger partial charge in [0.05, 0.1) is 7.11 Å². The molecule has 8 nitrogen and oxygen atoms in total. The van der Waals surface area contributed by atoms with Crippen molar-refractivity contribution in [3.8, 4) is 5.75 Å². The Bertz CT molecular complexity index is 1140. The van der Waals surface area contributed by atoms with E-state index < -0.39 is 15.2 Å². The van der Waals surface area contributed by atoms with Crippen molar-refractivity contribution < 1.29 is 13.2 Å². The fourth-order valence-electron chi connectivity index (χ4n) is 3.20. The molecule has 2 aromatic heterocycles. The zero-order valence-corrected chi connectivity index (χ0v) is 16.4. The summed E-state index contributed by atoms with van der Waals surface area (Å²) in [7, 11) is -1.56. The number of fused-ring (bicyclic) bond motifs is 1. The minimum Gasteiger partial charge on any atom is -0.497 e. The Morgan fingerprint density at radius 2 is 2.04 bits per heavy atom. The van der Waals surface area contributed by atoms with Crippen LogP contribution in [0.5, 0.6) is 5.75 Å². The highest BCUT2D eigenvalue weighted by molar-refractivity contribution is 7.91. The summed E-state index contributed by atoms with van der Waals surface area (Å²) in [6.45, 7) is 0.499. The van der Waals surface area contributed by atoms with Crippen LogP contribution in [-0.4, -0.2) is 48.3 Å². The van der Waals surface area contributed by atoms with Crippen LogP contribution >= 0.6 is 0 Å². The molecule has 0 amide bonds. The molecule has 3 heterocycles. The highest BCUT2D eigenvalue weighted by atomic mass is 32.2. The number of anilines is 2. The number of hydrogen-bond acceptors (Lipinski definition) is 7. The first kappa shape index (κ1) is 18.5. The van der Waals surface area contributed by atoms with Crippen LogP contribution in [0.3, 0.4) is 0 Å². The van der Waals surface area contributed by atoms with E-state index in [9.17, 15) is 8.42 Å². The third kappa shape index (κ3) is 3.71. The van der Waals surface area contributed by atoms with E-state index >= 15 is 0 Å². The Hall–Kier alpha value is -2.91. The summed E-state index contributed by atoms with van der Waals surface area (Å²) in [5.41, 5.74) is 3.35. The molecule has 0 radical (unpaired) electrons. The molecule has 4 rings (SSSR count). The molecule has 0 spiro atoms. The molecule has 0 aliphatic carbocycles. The van der Waals surface area contributed by atoms with Gasteiger partial charge in [-0.1, -0.05) is 6.08 Å². The fraction of sp³-hybridized carbons (Fsp3) is 0.263. The first-order valence-electron chi connectivity index (χ1n) is 8.82. The molecule has 9 heteroatoms. The third-order valence-corrected chi connectivity index (χ3v) is 6.04. The van der Waals surface area contributed by atoms with Gasteiger partial charge in [-0.15, -0.1) is 5.10 Å². The number of rotatable bonds is 5. The Labute approximate surface area is 163 Å². The number of pyridine rings is 1. The first-order chi connectivity index (χ1) is 13.4. The van der Waals surface area contributed by atoms with Gasteiger partial charge in [0.1, 0.15) is 11.1 Å². The Morgan fingerprint density at radius 3 is 2.75 bits per heavy atom. The van der Waals surface area contributed by atoms with Gasteiger partial charge >= 0.3 is 0 Å². The van der Waals surface area contributed by atoms with Gasteiger partial charge in [0.15, 0.2) is 15.5 Å². The van der Waals surface area contributed by atoms with Crippen LogP contribution in [0.4, 0.5) is 11.6 Å². The van der Waals surface area contributed by atoms with E-state index in [-0.39, 0.29) is 0 Å². The zero-order valence-electron chi connectivity index (χ0n) is 15.6. The lowest BCUT2D eigenvalue weighted by Crippen LogP contribution is -2.39. The van der Waals surface area contributed by atoms with E-state index in [2.05, 4.69) is 20.7 Å². The minimum atomic E-state index is -3.18. The van der Waals surface area contributed by atoms with Gasteiger partial charge in [0, 0.05) is 36.7 Å². The number of aromatic nitrogens is 3. The topological polar surface area (TPSA) is 97.6 Å². The number of nitrogens with zero attached hydrogens (tertiary/aromatic N) is 3. The Balaban J connectivity index is 1.64. The highest BCUT2D eigenvalue weighted by Gasteiger charge is 2.25. The lowest BCUT2D eigenvalue weighted by molar-refractivity contribution is 0.415. The molecule has 1 aliphatic heterocycles. The maximum atomic E-state index is 11.9. The summed E-state index contributed by atoms with van der Waals surface area (Å²) < 4.78 is 30.7. The normalized spacial score (nSPS) is 17.4. The number of nitrogens with one attached hydrogen (secondary N) is 2. The summed E-state index contributed by atoms with van der Waals surface area (Å²) in [6, 6.07) is 11.3. The average Bonchev–Trinajstić information content (AvgIpc) is 3.10. The Morgan fingerprint density at radius 1 is 1.25 bits per heavy atom. The summed E-state index contributed by atoms with van der Waals surface area (Å²) >= 11 is 0. The van der Waals surface area contributed by atoms with Crippen molar-refractivity contribution in [1.29, 1.82) is 0 Å². The molecule has 0 saturated heterocycles. The van der Waals surface area contributed by atoms with Gasteiger partial charge in [-0.25, -0.2) is 12.9 Å². The van der Waals surface area contributed by atoms with Gasteiger partial charge < -0.3 is 10.1 Å². The van der Waals surface area contributed by atoms with Crippen molar-refractivity contribution in [2.75, 3.05) is 25.2 Å². The second-order valence-corrected chi connectivity index (χ2v) is 8.87. The SMILES string of the molecule is COc1ccc(Nc2nc3c(C4=CCNC(S(C)(=O)=O)C4)cccn3n2)cc1. The maximum absolute atomic E-state index is 11.9. The minimum absolute atomic E-state index is 0.395. The summed E-state index contributed by atoms with van der Waals surface area (Å²) in [5, 5.41) is 10.1. The second-order valence-electron chi connectivity index (χ2n) is 6.64. The number of methoxy groups -OCH3 is 1. The van der Waals surface area contributed by atoms with Crippen LogP contribution in [0.15, 0.2) is 48.7 Å². The summed E-state index contributed by atoms with van der Waals surface area (Å²) in [5.74, 6) is 1.24. The zero-order chi connectivity index (χ0) is 19.7. The molecular formula is C19H21N5O3S. The van der Waals surface area contributed by atoms with Crippen molar-refractivity contribution >= 4 is 32.7 Å². The molecule has 2 N–H and O–H groups in total. The second kappa shape index (κ2) is 7.25. The molecule has 1 unspecified atom stereocenters. The highest BCUT2D eigenvalue weighted by Crippen LogP contribution is 2.28. The predicted molar refractivity (Wildman–Crippen MR) is 108 cm³/mol. The predicted octanol–water partition coefficient (Wildman–Crippen LogP) is 2.23. The fourth-order valence-corrected chi connectivity index (χ4v) is 4.09. The molecule has 3 aromatic rings. The van der Waals surface area contributed by atoms with Crippen LogP contribution in [0.1, 0.15) is 12.0 Å². The van der Waals surface area contributed by atoms with Crippen molar-refractivity contribution in [3.05, 3.63) is 54.2 Å². The average molecular weight is 399 g/mol. The summed E-state index contributed by atoms with van der Waals surface area (Å²) in [6.07, 6.45) is 5.47. The molecule has 146 valence electrons. The van der Waals surface area contributed by atoms with Gasteiger partial charge in [-0.3, -0.25) is 5.32 Å². The van der Waals surface area contributed by atoms with Crippen LogP contribution in [-0.2, 0) is 9.84 Å². The van der Waals surface area contributed by atoms with Crippen LogP contribution in [0.25, 0.3) is 11.2 Å². The molecule has 0 bridgehead atoms. The van der Waals surface area contributed by atoms with Gasteiger partial charge in [-0.2, -0.15) is 4.98 Å². The largest absolute Gasteiger partial charge is 0.497 e. The lowest BCUT2D eigenvalue weighted by Gasteiger charge is -2.23. The number of hydrogen-bond donors (Lipinski definition) is 2. The molecule has 1 aromatic carbocycles. The molecule has 1 atom stereocenters. The van der Waals surface area contributed by atoms with Crippen molar-refractivity contribution in [3.63, 3.8) is 0 Å². The van der Waals surface area contributed by atoms with E-state index in [0.29, 0.717) is 24.6 Å². The summed E-state index contributed by atoms with van der Waals surface area (Å²) in [4.78, 5) is 4.61. The van der Waals surface area contributed by atoms with Gasteiger partial charge in [0.2, 0.25) is 5.95 Å². The van der Waals surface area contributed by atoms with Gasteiger partial charge in [0.25, 0.3) is 0 Å². The molecule has 0 saturated carbocycles. The first-order valence-corrected chi connectivity index (χ1v) is 10.8. The smallest absolute Gasteiger partial charge is 0.247 e. The standard InChI is InChI=1S/C19H21N5O3S/c1-27-15-7-5-14(6-8-15)21-19-22-18-16(4-3-11-24(18)23-19)13-9-10-20-17(12-13)28(2,25)26/h3-9,11,17,20H,10,12H2,1-2H3,(H,21,23). The van der Waals surface area contributed by atoms with Crippen molar-refractivity contribution in [1.82, 2.24) is 19.9 Å². The monoisotopic (exact) mass is 399 g/mol. The van der Waals surface area contributed by atoms with E-state index in [0.717, 1.165) is 22.6 Å². The number of sulfone groups is 1. The molecule has 1 aliphatic rings. The van der Waals surface area contributed by atoms with Crippen LogP contribution in [0.2, 0.25) is 0 Å². The van der Waals surface area contributed by atoms with Crippen LogP contribution < -0.4 is 15.4 Å². The third-order valence-electron chi connectivity index (χ3n) is 4.67. The maximum Gasteiger partial charge on any atom is 0.247 e. The number of benzene rings is 1. The van der Waals surface area contributed by atoms with Crippen molar-refractivity contribution in [2.45, 2.75) is 11.8 Å².